The number of nitriles is 1. The van der Waals surface area contributed by atoms with Gasteiger partial charge in [-0.2, -0.15) is 5.26 Å². The van der Waals surface area contributed by atoms with Crippen LogP contribution in [0.1, 0.15) is 5.56 Å². The Morgan fingerprint density at radius 2 is 1.63 bits per heavy atom. The molecule has 0 amide bonds. The van der Waals surface area contributed by atoms with Gasteiger partial charge >= 0.3 is 0 Å². The van der Waals surface area contributed by atoms with Crippen LogP contribution in [0.5, 0.6) is 0 Å². The molecule has 3 nitrogen and oxygen atoms in total. The first-order valence-electron chi connectivity index (χ1n) is 5.88. The molecule has 0 atom stereocenters. The van der Waals surface area contributed by atoms with Gasteiger partial charge < -0.3 is 4.42 Å². The molecule has 0 aliphatic heterocycles. The van der Waals surface area contributed by atoms with Gasteiger partial charge in [0.25, 0.3) is 0 Å². The molecule has 0 fully saturated rings. The Balaban J connectivity index is 1.95. The lowest BCUT2D eigenvalue weighted by Crippen LogP contribution is -1.76. The molecular weight excluding hydrogens is 236 g/mol. The van der Waals surface area contributed by atoms with Crippen molar-refractivity contribution in [1.29, 1.82) is 5.26 Å². The second-order valence-corrected chi connectivity index (χ2v) is 4.08. The maximum atomic E-state index is 8.77. The van der Waals surface area contributed by atoms with Gasteiger partial charge in [-0.25, -0.2) is 4.98 Å². The van der Waals surface area contributed by atoms with Crippen molar-refractivity contribution in [2.75, 3.05) is 0 Å². The SMILES string of the molecule is N#Cc1ccc(-c2cnc(-c3ccccc3)o2)cc1. The van der Waals surface area contributed by atoms with Crippen molar-refractivity contribution in [3.8, 4) is 28.8 Å². The molecule has 3 rings (SSSR count). The Morgan fingerprint density at radius 1 is 0.895 bits per heavy atom. The molecular formula is C16H10N2O. The fraction of sp³-hybridized carbons (Fsp3) is 0. The molecule has 19 heavy (non-hydrogen) atoms. The van der Waals surface area contributed by atoms with Crippen LogP contribution in [0, 0.1) is 11.3 Å². The molecule has 3 aromatic rings. The summed E-state index contributed by atoms with van der Waals surface area (Å²) in [6.45, 7) is 0. The van der Waals surface area contributed by atoms with Crippen LogP contribution < -0.4 is 0 Å². The molecule has 2 aromatic carbocycles. The molecule has 0 aliphatic rings. The van der Waals surface area contributed by atoms with Crippen molar-refractivity contribution in [1.82, 2.24) is 4.98 Å². The molecule has 3 heteroatoms. The quantitative estimate of drug-likeness (QED) is 0.689. The summed E-state index contributed by atoms with van der Waals surface area (Å²) in [6, 6.07) is 19.1. The second kappa shape index (κ2) is 4.79. The summed E-state index contributed by atoms with van der Waals surface area (Å²) >= 11 is 0. The zero-order valence-electron chi connectivity index (χ0n) is 10.1. The van der Waals surface area contributed by atoms with Crippen LogP contribution in [0.3, 0.4) is 0 Å². The van der Waals surface area contributed by atoms with E-state index in [1.165, 1.54) is 0 Å². The third kappa shape index (κ3) is 2.24. The van der Waals surface area contributed by atoms with E-state index in [1.54, 1.807) is 18.3 Å². The van der Waals surface area contributed by atoms with E-state index >= 15 is 0 Å². The Kier molecular flexibility index (Phi) is 2.83. The van der Waals surface area contributed by atoms with Gasteiger partial charge in [-0.3, -0.25) is 0 Å². The lowest BCUT2D eigenvalue weighted by molar-refractivity contribution is 0.589. The first-order chi connectivity index (χ1) is 9.36. The maximum absolute atomic E-state index is 8.77. The van der Waals surface area contributed by atoms with E-state index in [4.69, 9.17) is 9.68 Å². The number of benzene rings is 2. The van der Waals surface area contributed by atoms with Crippen molar-refractivity contribution in [2.24, 2.45) is 0 Å². The summed E-state index contributed by atoms with van der Waals surface area (Å²) in [6.07, 6.45) is 1.70. The maximum Gasteiger partial charge on any atom is 0.226 e. The molecule has 0 saturated heterocycles. The Bertz CT molecular complexity index is 721. The van der Waals surface area contributed by atoms with Crippen LogP contribution in [0.2, 0.25) is 0 Å². The van der Waals surface area contributed by atoms with Gasteiger partial charge in [0, 0.05) is 11.1 Å². The Morgan fingerprint density at radius 3 is 2.32 bits per heavy atom. The lowest BCUT2D eigenvalue weighted by Gasteiger charge is -1.96. The summed E-state index contributed by atoms with van der Waals surface area (Å²) in [5.74, 6) is 1.29. The van der Waals surface area contributed by atoms with Gasteiger partial charge in [0.2, 0.25) is 5.89 Å². The molecule has 90 valence electrons. The highest BCUT2D eigenvalue weighted by Gasteiger charge is 2.07. The highest BCUT2D eigenvalue weighted by molar-refractivity contribution is 5.61. The number of hydrogen-bond acceptors (Lipinski definition) is 3. The first kappa shape index (κ1) is 11.2. The zero-order valence-corrected chi connectivity index (χ0v) is 10.1. The summed E-state index contributed by atoms with van der Waals surface area (Å²) in [5, 5.41) is 8.77. The Labute approximate surface area is 110 Å². The molecule has 0 radical (unpaired) electrons. The van der Waals surface area contributed by atoms with Gasteiger partial charge in [-0.05, 0) is 36.4 Å². The average Bonchev–Trinajstić information content (AvgIpc) is 2.98. The molecule has 1 heterocycles. The van der Waals surface area contributed by atoms with Gasteiger partial charge in [-0.1, -0.05) is 18.2 Å². The van der Waals surface area contributed by atoms with Crippen molar-refractivity contribution in [2.45, 2.75) is 0 Å². The lowest BCUT2D eigenvalue weighted by atomic mass is 10.1. The van der Waals surface area contributed by atoms with Crippen molar-refractivity contribution >= 4 is 0 Å². The molecule has 0 aliphatic carbocycles. The standard InChI is InChI=1S/C16H10N2O/c17-10-12-6-8-13(9-7-12)15-11-18-16(19-15)14-4-2-1-3-5-14/h1-9,11H. The fourth-order valence-electron chi connectivity index (χ4n) is 1.83. The third-order valence-corrected chi connectivity index (χ3v) is 2.82. The highest BCUT2D eigenvalue weighted by Crippen LogP contribution is 2.25. The molecule has 0 unspecified atom stereocenters. The van der Waals surface area contributed by atoms with Crippen molar-refractivity contribution in [3.63, 3.8) is 0 Å². The van der Waals surface area contributed by atoms with E-state index in [1.807, 2.05) is 42.5 Å². The molecule has 1 aromatic heterocycles. The summed E-state index contributed by atoms with van der Waals surface area (Å²) in [5.41, 5.74) is 2.49. The van der Waals surface area contributed by atoms with E-state index in [0.717, 1.165) is 11.1 Å². The zero-order chi connectivity index (χ0) is 13.1. The van der Waals surface area contributed by atoms with E-state index < -0.39 is 0 Å². The number of hydrogen-bond donors (Lipinski definition) is 0. The van der Waals surface area contributed by atoms with E-state index in [2.05, 4.69) is 11.1 Å². The minimum Gasteiger partial charge on any atom is -0.436 e. The molecule has 0 spiro atoms. The Hall–Kier alpha value is -2.86. The van der Waals surface area contributed by atoms with Crippen LogP contribution in [-0.2, 0) is 0 Å². The number of aromatic nitrogens is 1. The first-order valence-corrected chi connectivity index (χ1v) is 5.88. The van der Waals surface area contributed by atoms with E-state index in [0.29, 0.717) is 17.2 Å². The molecule has 0 bridgehead atoms. The van der Waals surface area contributed by atoms with Crippen LogP contribution in [0.4, 0.5) is 0 Å². The van der Waals surface area contributed by atoms with Crippen LogP contribution in [-0.4, -0.2) is 4.98 Å². The van der Waals surface area contributed by atoms with Crippen LogP contribution >= 0.6 is 0 Å². The normalized spacial score (nSPS) is 10.1. The molecule has 0 saturated carbocycles. The third-order valence-electron chi connectivity index (χ3n) is 2.82. The largest absolute Gasteiger partial charge is 0.436 e. The van der Waals surface area contributed by atoms with Gasteiger partial charge in [0.1, 0.15) is 0 Å². The number of nitrogens with zero attached hydrogens (tertiary/aromatic N) is 2. The monoisotopic (exact) mass is 246 g/mol. The summed E-state index contributed by atoms with van der Waals surface area (Å²) in [7, 11) is 0. The van der Waals surface area contributed by atoms with Crippen LogP contribution in [0.25, 0.3) is 22.8 Å². The number of rotatable bonds is 2. The topological polar surface area (TPSA) is 49.8 Å². The predicted molar refractivity (Wildman–Crippen MR) is 72.1 cm³/mol. The summed E-state index contributed by atoms with van der Waals surface area (Å²) < 4.78 is 5.74. The second-order valence-electron chi connectivity index (χ2n) is 4.08. The smallest absolute Gasteiger partial charge is 0.226 e. The van der Waals surface area contributed by atoms with Crippen molar-refractivity contribution < 1.29 is 4.42 Å². The fourth-order valence-corrected chi connectivity index (χ4v) is 1.83. The minimum atomic E-state index is 0.597. The van der Waals surface area contributed by atoms with Gasteiger partial charge in [-0.15, -0.1) is 0 Å². The van der Waals surface area contributed by atoms with E-state index in [-0.39, 0.29) is 0 Å². The average molecular weight is 246 g/mol. The molecule has 0 N–H and O–H groups in total. The van der Waals surface area contributed by atoms with Gasteiger partial charge in [0.05, 0.1) is 17.8 Å². The van der Waals surface area contributed by atoms with E-state index in [9.17, 15) is 0 Å². The number of oxazole rings is 1. The van der Waals surface area contributed by atoms with Crippen molar-refractivity contribution in [3.05, 3.63) is 66.4 Å². The van der Waals surface area contributed by atoms with Crippen LogP contribution in [0.15, 0.2) is 65.2 Å². The van der Waals surface area contributed by atoms with Gasteiger partial charge in [0.15, 0.2) is 5.76 Å². The highest BCUT2D eigenvalue weighted by atomic mass is 16.4. The summed E-state index contributed by atoms with van der Waals surface area (Å²) in [4.78, 5) is 4.27. The minimum absolute atomic E-state index is 0.597. The predicted octanol–water partition coefficient (Wildman–Crippen LogP) is 3.88.